The molecule has 19 heavy (non-hydrogen) atoms. The van der Waals surface area contributed by atoms with Crippen LogP contribution in [0.3, 0.4) is 0 Å². The molecule has 2 N–H and O–H groups in total. The Morgan fingerprint density at radius 3 is 2.47 bits per heavy atom. The third kappa shape index (κ3) is 5.41. The van der Waals surface area contributed by atoms with Crippen LogP contribution in [0, 0.1) is 5.92 Å². The smallest absolute Gasteiger partial charge is 0.234 e. The Labute approximate surface area is 115 Å². The minimum absolute atomic E-state index is 0.0153. The molecule has 0 aliphatic heterocycles. The summed E-state index contributed by atoms with van der Waals surface area (Å²) >= 11 is 0. The monoisotopic (exact) mass is 264 g/mol. The van der Waals surface area contributed by atoms with Gasteiger partial charge in [0.15, 0.2) is 0 Å². The van der Waals surface area contributed by atoms with Crippen molar-refractivity contribution in [2.75, 3.05) is 26.7 Å². The van der Waals surface area contributed by atoms with E-state index in [9.17, 15) is 4.79 Å². The third-order valence-corrected chi connectivity index (χ3v) is 3.04. The van der Waals surface area contributed by atoms with Gasteiger partial charge in [-0.15, -0.1) is 0 Å². The van der Waals surface area contributed by atoms with Crippen molar-refractivity contribution in [2.45, 2.75) is 19.9 Å². The number of likely N-dealkylation sites (N-methyl/N-ethyl adjacent to an activating group) is 1. The molecule has 1 aromatic carbocycles. The predicted molar refractivity (Wildman–Crippen MR) is 76.7 cm³/mol. The predicted octanol–water partition coefficient (Wildman–Crippen LogP) is 1.42. The lowest BCUT2D eigenvalue weighted by atomic mass is 9.96. The topological polar surface area (TPSA) is 52.6 Å². The van der Waals surface area contributed by atoms with Gasteiger partial charge in [0, 0.05) is 6.54 Å². The normalized spacial score (nSPS) is 12.7. The molecule has 0 spiro atoms. The molecule has 1 aromatic rings. The summed E-state index contributed by atoms with van der Waals surface area (Å²) in [5.41, 5.74) is 1.12. The fraction of sp³-hybridized carbons (Fsp3) is 0.533. The summed E-state index contributed by atoms with van der Waals surface area (Å²) in [5, 5.41) is 11.9. The lowest BCUT2D eigenvalue weighted by Crippen LogP contribution is -2.39. The van der Waals surface area contributed by atoms with Gasteiger partial charge >= 0.3 is 0 Å². The molecule has 0 saturated heterocycles. The molecule has 1 unspecified atom stereocenters. The molecule has 106 valence electrons. The van der Waals surface area contributed by atoms with Crippen LogP contribution in [-0.4, -0.2) is 42.7 Å². The average molecular weight is 264 g/mol. The second-order valence-electron chi connectivity index (χ2n) is 5.16. The van der Waals surface area contributed by atoms with Gasteiger partial charge in [-0.25, -0.2) is 0 Å². The van der Waals surface area contributed by atoms with Gasteiger partial charge in [0.1, 0.15) is 0 Å². The van der Waals surface area contributed by atoms with E-state index in [-0.39, 0.29) is 18.6 Å². The van der Waals surface area contributed by atoms with E-state index in [1.54, 1.807) is 4.90 Å². The number of aliphatic hydroxyl groups is 1. The van der Waals surface area contributed by atoms with Crippen LogP contribution < -0.4 is 5.32 Å². The summed E-state index contributed by atoms with van der Waals surface area (Å²) in [6, 6.07) is 10.0. The minimum atomic E-state index is -0.0153. The molecular weight excluding hydrogens is 240 g/mol. The van der Waals surface area contributed by atoms with E-state index in [1.807, 2.05) is 37.4 Å². The summed E-state index contributed by atoms with van der Waals surface area (Å²) in [4.78, 5) is 13.8. The van der Waals surface area contributed by atoms with Crippen LogP contribution in [0.2, 0.25) is 0 Å². The molecule has 0 radical (unpaired) electrons. The number of hydrogen-bond donors (Lipinski definition) is 2. The maximum absolute atomic E-state index is 12.0. The summed E-state index contributed by atoms with van der Waals surface area (Å²) < 4.78 is 0. The van der Waals surface area contributed by atoms with Gasteiger partial charge in [0.05, 0.1) is 19.2 Å². The molecule has 1 rings (SSSR count). The number of nitrogens with one attached hydrogen (secondary N) is 1. The number of carbonyl (C=O) groups excluding carboxylic acids is 1. The highest BCUT2D eigenvalue weighted by Crippen LogP contribution is 2.21. The summed E-state index contributed by atoms with van der Waals surface area (Å²) in [6.07, 6.45) is 0. The Morgan fingerprint density at radius 2 is 1.95 bits per heavy atom. The summed E-state index contributed by atoms with van der Waals surface area (Å²) in [5.74, 6) is 0.313. The Hall–Kier alpha value is -1.39. The Balaban J connectivity index is 2.62. The largest absolute Gasteiger partial charge is 0.395 e. The van der Waals surface area contributed by atoms with Crippen LogP contribution in [-0.2, 0) is 4.79 Å². The minimum Gasteiger partial charge on any atom is -0.395 e. The van der Waals surface area contributed by atoms with Crippen LogP contribution >= 0.6 is 0 Å². The molecule has 1 amide bonds. The molecule has 0 aliphatic rings. The van der Waals surface area contributed by atoms with E-state index in [0.717, 1.165) is 5.56 Å². The molecule has 4 heteroatoms. The van der Waals surface area contributed by atoms with Crippen LogP contribution in [0.4, 0.5) is 0 Å². The molecule has 0 saturated carbocycles. The fourth-order valence-corrected chi connectivity index (χ4v) is 2.01. The van der Waals surface area contributed by atoms with Crippen molar-refractivity contribution in [3.8, 4) is 0 Å². The van der Waals surface area contributed by atoms with E-state index in [4.69, 9.17) is 5.11 Å². The second kappa shape index (κ2) is 7.92. The van der Waals surface area contributed by atoms with E-state index in [0.29, 0.717) is 19.0 Å². The van der Waals surface area contributed by atoms with Crippen molar-refractivity contribution in [3.63, 3.8) is 0 Å². The van der Waals surface area contributed by atoms with Crippen LogP contribution in [0.1, 0.15) is 25.5 Å². The van der Waals surface area contributed by atoms with Crippen molar-refractivity contribution in [1.82, 2.24) is 10.2 Å². The zero-order valence-corrected chi connectivity index (χ0v) is 12.0. The second-order valence-corrected chi connectivity index (χ2v) is 5.16. The third-order valence-electron chi connectivity index (χ3n) is 3.04. The molecular formula is C15H24N2O2. The number of amides is 1. The first-order chi connectivity index (χ1) is 9.04. The molecule has 1 atom stereocenters. The van der Waals surface area contributed by atoms with Gasteiger partial charge in [0.2, 0.25) is 5.91 Å². The lowest BCUT2D eigenvalue weighted by Gasteiger charge is -2.24. The molecule has 0 fully saturated rings. The zero-order chi connectivity index (χ0) is 14.3. The van der Waals surface area contributed by atoms with Gasteiger partial charge in [-0.05, 0) is 18.5 Å². The van der Waals surface area contributed by atoms with Crippen molar-refractivity contribution >= 4 is 5.91 Å². The van der Waals surface area contributed by atoms with E-state index in [2.05, 4.69) is 19.2 Å². The number of aliphatic hydroxyl groups excluding tert-OH is 1. The number of benzene rings is 1. The maximum Gasteiger partial charge on any atom is 0.234 e. The van der Waals surface area contributed by atoms with Gasteiger partial charge in [-0.2, -0.15) is 0 Å². The fourth-order valence-electron chi connectivity index (χ4n) is 2.01. The highest BCUT2D eigenvalue weighted by Gasteiger charge is 2.18. The van der Waals surface area contributed by atoms with E-state index in [1.165, 1.54) is 0 Å². The lowest BCUT2D eigenvalue weighted by molar-refractivity contribution is -0.123. The Morgan fingerprint density at radius 1 is 1.32 bits per heavy atom. The van der Waals surface area contributed by atoms with Crippen molar-refractivity contribution in [2.24, 2.45) is 5.92 Å². The molecule has 0 aromatic heterocycles. The molecule has 0 heterocycles. The van der Waals surface area contributed by atoms with E-state index < -0.39 is 0 Å². The van der Waals surface area contributed by atoms with Crippen molar-refractivity contribution in [3.05, 3.63) is 35.9 Å². The summed E-state index contributed by atoms with van der Waals surface area (Å²) in [7, 11) is 1.82. The first-order valence-corrected chi connectivity index (χ1v) is 6.68. The molecule has 4 nitrogen and oxygen atoms in total. The van der Waals surface area contributed by atoms with Gasteiger partial charge in [0.25, 0.3) is 0 Å². The maximum atomic E-state index is 12.0. The first-order valence-electron chi connectivity index (χ1n) is 6.68. The molecule has 0 bridgehead atoms. The quantitative estimate of drug-likeness (QED) is 0.783. The molecule has 0 aliphatic carbocycles. The van der Waals surface area contributed by atoms with Gasteiger partial charge < -0.3 is 10.4 Å². The summed E-state index contributed by atoms with van der Waals surface area (Å²) in [6.45, 7) is 5.06. The van der Waals surface area contributed by atoms with Crippen LogP contribution in [0.25, 0.3) is 0 Å². The van der Waals surface area contributed by atoms with Crippen molar-refractivity contribution < 1.29 is 9.90 Å². The highest BCUT2D eigenvalue weighted by atomic mass is 16.3. The zero-order valence-electron chi connectivity index (χ0n) is 12.0. The number of nitrogens with zero attached hydrogens (tertiary/aromatic N) is 1. The highest BCUT2D eigenvalue weighted by molar-refractivity contribution is 5.78. The first kappa shape index (κ1) is 15.7. The number of rotatable bonds is 7. The SMILES string of the molecule is CC(C)C(NC(=O)CN(C)CCO)c1ccccc1. The number of carbonyl (C=O) groups is 1. The Bertz CT molecular complexity index is 379. The van der Waals surface area contributed by atoms with Crippen LogP contribution in [0.15, 0.2) is 30.3 Å². The van der Waals surface area contributed by atoms with Crippen molar-refractivity contribution in [1.29, 1.82) is 0 Å². The number of hydrogen-bond acceptors (Lipinski definition) is 3. The Kier molecular flexibility index (Phi) is 6.53. The van der Waals surface area contributed by atoms with E-state index >= 15 is 0 Å². The van der Waals surface area contributed by atoms with Gasteiger partial charge in [-0.3, -0.25) is 9.69 Å². The van der Waals surface area contributed by atoms with Gasteiger partial charge in [-0.1, -0.05) is 44.2 Å². The average Bonchev–Trinajstić information content (AvgIpc) is 2.37. The van der Waals surface area contributed by atoms with Crippen LogP contribution in [0.5, 0.6) is 0 Å². The standard InChI is InChI=1S/C15H24N2O2/c1-12(2)15(13-7-5-4-6-8-13)16-14(19)11-17(3)9-10-18/h4-8,12,15,18H,9-11H2,1-3H3,(H,16,19).